The van der Waals surface area contributed by atoms with Gasteiger partial charge in [0.1, 0.15) is 4.60 Å². The zero-order valence-corrected chi connectivity index (χ0v) is 15.0. The van der Waals surface area contributed by atoms with Crippen molar-refractivity contribution in [3.8, 4) is 6.07 Å². The first kappa shape index (κ1) is 20.9. The Labute approximate surface area is 150 Å². The number of halogens is 4. The summed E-state index contributed by atoms with van der Waals surface area (Å²) in [5.41, 5.74) is -3.54. The van der Waals surface area contributed by atoms with Gasteiger partial charge in [0.05, 0.1) is 30.1 Å². The smallest absolute Gasteiger partial charge is 0.378 e. The van der Waals surface area contributed by atoms with Gasteiger partial charge in [-0.25, -0.2) is 4.98 Å². The summed E-state index contributed by atoms with van der Waals surface area (Å²) >= 11 is 3.12. The van der Waals surface area contributed by atoms with Gasteiger partial charge in [0.15, 0.2) is 5.60 Å². The summed E-state index contributed by atoms with van der Waals surface area (Å²) in [6, 6.07) is 1.46. The maximum Gasteiger partial charge on any atom is 0.417 e. The number of imidazole rings is 1. The van der Waals surface area contributed by atoms with E-state index in [1.165, 1.54) is 37.0 Å². The van der Waals surface area contributed by atoms with Crippen LogP contribution in [0.15, 0.2) is 40.4 Å². The van der Waals surface area contributed by atoms with Crippen LogP contribution < -0.4 is 5.32 Å². The summed E-state index contributed by atoms with van der Waals surface area (Å²) in [7, 11) is 0. The number of amides is 1. The summed E-state index contributed by atoms with van der Waals surface area (Å²) in [6.45, 7) is 1.92. The minimum atomic E-state index is -4.73. The number of alkyl halides is 3. The van der Waals surface area contributed by atoms with E-state index in [1.807, 2.05) is 0 Å². The van der Waals surface area contributed by atoms with Crippen molar-refractivity contribution in [2.45, 2.75) is 32.2 Å². The number of nitrogens with one attached hydrogen (secondary N) is 1. The van der Waals surface area contributed by atoms with Crippen LogP contribution in [-0.2, 0) is 11.3 Å². The van der Waals surface area contributed by atoms with Crippen LogP contribution >= 0.6 is 15.9 Å². The van der Waals surface area contributed by atoms with Crippen LogP contribution in [0.3, 0.4) is 0 Å². The molecule has 10 heteroatoms. The highest BCUT2D eigenvalue weighted by Crippen LogP contribution is 2.30. The number of aromatic nitrogens is 2. The Hall–Kier alpha value is -2.12. The van der Waals surface area contributed by atoms with E-state index in [0.717, 1.165) is 6.08 Å². The molecule has 0 aliphatic carbocycles. The highest BCUT2D eigenvalue weighted by Gasteiger charge is 2.36. The van der Waals surface area contributed by atoms with Gasteiger partial charge in [-0.3, -0.25) is 4.79 Å². The molecule has 0 saturated carbocycles. The molecule has 25 heavy (non-hydrogen) atoms. The van der Waals surface area contributed by atoms with E-state index in [-0.39, 0.29) is 6.54 Å². The zero-order valence-electron chi connectivity index (χ0n) is 13.4. The summed E-state index contributed by atoms with van der Waals surface area (Å²) < 4.78 is 40.8. The lowest BCUT2D eigenvalue weighted by Gasteiger charge is -2.22. The predicted molar refractivity (Wildman–Crippen MR) is 87.1 cm³/mol. The molecule has 1 aromatic heterocycles. The minimum Gasteiger partial charge on any atom is -0.378 e. The number of aliphatic hydroxyl groups is 1. The van der Waals surface area contributed by atoms with Crippen molar-refractivity contribution in [2.75, 3.05) is 6.54 Å². The molecule has 1 atom stereocenters. The molecule has 1 heterocycles. The highest BCUT2D eigenvalue weighted by molar-refractivity contribution is 9.10. The number of allylic oxidation sites excluding steroid dienone is 3. The quantitative estimate of drug-likeness (QED) is 0.546. The van der Waals surface area contributed by atoms with E-state index in [4.69, 9.17) is 5.26 Å². The molecule has 0 bridgehead atoms. The monoisotopic (exact) mass is 420 g/mol. The van der Waals surface area contributed by atoms with Crippen LogP contribution in [0.5, 0.6) is 0 Å². The van der Waals surface area contributed by atoms with E-state index >= 15 is 0 Å². The van der Waals surface area contributed by atoms with Crippen molar-refractivity contribution in [3.63, 3.8) is 0 Å². The third-order valence-corrected chi connectivity index (χ3v) is 3.56. The second kappa shape index (κ2) is 8.31. The highest BCUT2D eigenvalue weighted by atomic mass is 79.9. The molecule has 136 valence electrons. The van der Waals surface area contributed by atoms with Gasteiger partial charge in [-0.1, -0.05) is 12.2 Å². The van der Waals surface area contributed by atoms with Gasteiger partial charge in [0.2, 0.25) is 0 Å². The first-order valence-corrected chi connectivity index (χ1v) is 7.82. The van der Waals surface area contributed by atoms with E-state index in [2.05, 4.69) is 26.2 Å². The number of nitriles is 1. The maximum atomic E-state index is 13.0. The van der Waals surface area contributed by atoms with E-state index in [0.29, 0.717) is 10.7 Å². The lowest BCUT2D eigenvalue weighted by Crippen LogP contribution is -2.47. The fourth-order valence-electron chi connectivity index (χ4n) is 1.94. The third-order valence-electron chi connectivity index (χ3n) is 3.15. The van der Waals surface area contributed by atoms with Gasteiger partial charge in [0, 0.05) is 12.7 Å². The van der Waals surface area contributed by atoms with Gasteiger partial charge < -0.3 is 15.0 Å². The molecule has 0 aliphatic rings. The summed E-state index contributed by atoms with van der Waals surface area (Å²) in [4.78, 5) is 15.9. The number of hydrogen-bond donors (Lipinski definition) is 2. The van der Waals surface area contributed by atoms with Crippen LogP contribution in [-0.4, -0.2) is 38.9 Å². The number of nitrogens with zero attached hydrogens (tertiary/aromatic N) is 3. The van der Waals surface area contributed by atoms with Gasteiger partial charge in [-0.15, -0.1) is 0 Å². The second-order valence-electron chi connectivity index (χ2n) is 5.28. The van der Waals surface area contributed by atoms with Crippen molar-refractivity contribution in [1.82, 2.24) is 14.9 Å². The van der Waals surface area contributed by atoms with Crippen molar-refractivity contribution < 1.29 is 23.1 Å². The molecule has 2 N–H and O–H groups in total. The molecule has 6 nitrogen and oxygen atoms in total. The molecule has 0 radical (unpaired) electrons. The van der Waals surface area contributed by atoms with Crippen molar-refractivity contribution in [2.24, 2.45) is 0 Å². The molecule has 0 fully saturated rings. The van der Waals surface area contributed by atoms with E-state index in [1.54, 1.807) is 0 Å². The first-order valence-electron chi connectivity index (χ1n) is 7.03. The molecule has 0 saturated heterocycles. The largest absolute Gasteiger partial charge is 0.417 e. The number of carbonyl (C=O) groups excluding carboxylic acids is 1. The van der Waals surface area contributed by atoms with E-state index in [9.17, 15) is 23.1 Å². The average Bonchev–Trinajstić information content (AvgIpc) is 2.89. The predicted octanol–water partition coefficient (Wildman–Crippen LogP) is 2.47. The Morgan fingerprint density at radius 1 is 1.56 bits per heavy atom. The topological polar surface area (TPSA) is 90.9 Å². The second-order valence-corrected chi connectivity index (χ2v) is 6.09. The SMILES string of the molecule is C/C=C(C#N)\C(=C/CNC(=O)C(C)(O)Cn1cnc(Br)c1)C(F)(F)F. The van der Waals surface area contributed by atoms with Crippen molar-refractivity contribution >= 4 is 21.8 Å². The van der Waals surface area contributed by atoms with Crippen LogP contribution in [0.25, 0.3) is 0 Å². The lowest BCUT2D eigenvalue weighted by atomic mass is 10.1. The average molecular weight is 421 g/mol. The Kier molecular flexibility index (Phi) is 6.96. The van der Waals surface area contributed by atoms with Gasteiger partial charge in [-0.2, -0.15) is 18.4 Å². The Bertz CT molecular complexity index is 730. The molecule has 1 amide bonds. The zero-order chi connectivity index (χ0) is 19.3. The number of rotatable bonds is 6. The Morgan fingerprint density at radius 3 is 2.64 bits per heavy atom. The number of carbonyl (C=O) groups is 1. The van der Waals surface area contributed by atoms with Crippen molar-refractivity contribution in [1.29, 1.82) is 5.26 Å². The molecular formula is C15H16BrF3N4O2. The van der Waals surface area contributed by atoms with Crippen molar-refractivity contribution in [3.05, 3.63) is 40.4 Å². The molecule has 1 rings (SSSR count). The summed E-state index contributed by atoms with van der Waals surface area (Å²) in [5, 5.41) is 21.2. The first-order chi connectivity index (χ1) is 11.5. The molecule has 1 aromatic rings. The normalized spacial score (nSPS) is 15.4. The Morgan fingerprint density at radius 2 is 2.20 bits per heavy atom. The lowest BCUT2D eigenvalue weighted by molar-refractivity contribution is -0.139. The fourth-order valence-corrected chi connectivity index (χ4v) is 2.30. The minimum absolute atomic E-state index is 0.133. The van der Waals surface area contributed by atoms with Crippen LogP contribution in [0, 0.1) is 11.3 Å². The molecular weight excluding hydrogens is 405 g/mol. The van der Waals surface area contributed by atoms with Gasteiger partial charge >= 0.3 is 6.18 Å². The third kappa shape index (κ3) is 6.03. The van der Waals surface area contributed by atoms with Crippen LogP contribution in [0.2, 0.25) is 0 Å². The van der Waals surface area contributed by atoms with Crippen LogP contribution in [0.4, 0.5) is 13.2 Å². The number of hydrogen-bond acceptors (Lipinski definition) is 4. The molecule has 1 unspecified atom stereocenters. The molecule has 0 aromatic carbocycles. The summed E-state index contributed by atoms with van der Waals surface area (Å²) in [6.07, 6.45) is -0.0736. The Balaban J connectivity index is 2.80. The molecule has 0 aliphatic heterocycles. The van der Waals surface area contributed by atoms with E-state index < -0.39 is 35.4 Å². The van der Waals surface area contributed by atoms with Gasteiger partial charge in [0.25, 0.3) is 5.91 Å². The fraction of sp³-hybridized carbons (Fsp3) is 0.400. The standard InChI is InChI=1S/C15H16BrF3N4O2/c1-3-10(6-20)11(15(17,18)19)4-5-21-13(24)14(2,25)8-23-7-12(16)22-9-23/h3-4,7,9,25H,5,8H2,1-2H3,(H,21,24)/b10-3-,11-4+. The van der Waals surface area contributed by atoms with Crippen LogP contribution in [0.1, 0.15) is 13.8 Å². The maximum absolute atomic E-state index is 13.0. The molecule has 0 spiro atoms. The summed E-state index contributed by atoms with van der Waals surface area (Å²) in [5.74, 6) is -0.853. The van der Waals surface area contributed by atoms with Gasteiger partial charge in [-0.05, 0) is 29.8 Å².